The number of likely N-dealkylation sites (tertiary alicyclic amines) is 1. The van der Waals surface area contributed by atoms with E-state index in [1.165, 1.54) is 0 Å². The van der Waals surface area contributed by atoms with Crippen LogP contribution >= 0.6 is 11.6 Å². The van der Waals surface area contributed by atoms with Crippen molar-refractivity contribution in [2.75, 3.05) is 33.9 Å². The molecule has 2 aromatic rings. The number of amides is 2. The van der Waals surface area contributed by atoms with Gasteiger partial charge in [0.1, 0.15) is 0 Å². The van der Waals surface area contributed by atoms with Crippen molar-refractivity contribution in [2.45, 2.75) is 12.8 Å². The minimum Gasteiger partial charge on any atom is -0.493 e. The molecule has 0 aliphatic carbocycles. The lowest BCUT2D eigenvalue weighted by molar-refractivity contribution is 0.0684. The number of carbonyl (C=O) groups is 2. The number of piperidine rings is 1. The molecule has 1 aliphatic rings. The second-order valence-corrected chi connectivity index (χ2v) is 7.46. The minimum absolute atomic E-state index is 0.0227. The third-order valence-corrected chi connectivity index (χ3v) is 5.44. The van der Waals surface area contributed by atoms with Gasteiger partial charge in [0.05, 0.1) is 14.2 Å². The number of carbonyl (C=O) groups excluding carboxylic acids is 2. The van der Waals surface area contributed by atoms with E-state index in [9.17, 15) is 9.59 Å². The number of halogens is 1. The van der Waals surface area contributed by atoms with E-state index in [1.807, 2.05) is 4.90 Å². The quantitative estimate of drug-likeness (QED) is 0.780. The highest BCUT2D eigenvalue weighted by molar-refractivity contribution is 6.30. The average Bonchev–Trinajstić information content (AvgIpc) is 2.77. The molecule has 154 valence electrons. The summed E-state index contributed by atoms with van der Waals surface area (Å²) in [6, 6.07) is 12.1. The van der Waals surface area contributed by atoms with Gasteiger partial charge in [-0.1, -0.05) is 11.6 Å². The number of methoxy groups -OCH3 is 2. The Kier molecular flexibility index (Phi) is 6.99. The monoisotopic (exact) mass is 416 g/mol. The Morgan fingerprint density at radius 3 is 2.24 bits per heavy atom. The second-order valence-electron chi connectivity index (χ2n) is 7.02. The summed E-state index contributed by atoms with van der Waals surface area (Å²) >= 11 is 5.89. The van der Waals surface area contributed by atoms with Gasteiger partial charge in [-0.2, -0.15) is 0 Å². The van der Waals surface area contributed by atoms with E-state index >= 15 is 0 Å². The summed E-state index contributed by atoms with van der Waals surface area (Å²) in [6.45, 7) is 1.94. The minimum atomic E-state index is -0.148. The van der Waals surface area contributed by atoms with Crippen LogP contribution in [0.1, 0.15) is 33.6 Å². The summed E-state index contributed by atoms with van der Waals surface area (Å²) < 4.78 is 10.4. The standard InChI is InChI=1S/C22H25ClN2O4/c1-28-19-8-5-17(13-20(19)29-2)21(26)24-14-15-9-11-25(12-10-15)22(27)16-3-6-18(23)7-4-16/h3-8,13,15H,9-12,14H2,1-2H3,(H,24,26). The van der Waals surface area contributed by atoms with Gasteiger partial charge in [0.15, 0.2) is 11.5 Å². The predicted molar refractivity (Wildman–Crippen MR) is 112 cm³/mol. The summed E-state index contributed by atoms with van der Waals surface area (Å²) in [7, 11) is 3.10. The van der Waals surface area contributed by atoms with Crippen molar-refractivity contribution in [3.63, 3.8) is 0 Å². The molecule has 0 spiro atoms. The van der Waals surface area contributed by atoms with E-state index in [4.69, 9.17) is 21.1 Å². The van der Waals surface area contributed by atoms with Crippen molar-refractivity contribution in [3.05, 3.63) is 58.6 Å². The van der Waals surface area contributed by atoms with Crippen molar-refractivity contribution < 1.29 is 19.1 Å². The van der Waals surface area contributed by atoms with E-state index in [0.717, 1.165) is 12.8 Å². The van der Waals surface area contributed by atoms with Crippen LogP contribution in [0.5, 0.6) is 11.5 Å². The Morgan fingerprint density at radius 2 is 1.62 bits per heavy atom. The summed E-state index contributed by atoms with van der Waals surface area (Å²) in [5.41, 5.74) is 1.17. The van der Waals surface area contributed by atoms with Crippen molar-refractivity contribution in [3.8, 4) is 11.5 Å². The molecule has 6 nitrogen and oxygen atoms in total. The first-order valence-electron chi connectivity index (χ1n) is 9.57. The van der Waals surface area contributed by atoms with Crippen LogP contribution < -0.4 is 14.8 Å². The summed E-state index contributed by atoms with van der Waals surface area (Å²) in [5.74, 6) is 1.32. The Labute approximate surface area is 175 Å². The fraction of sp³-hybridized carbons (Fsp3) is 0.364. The third-order valence-electron chi connectivity index (χ3n) is 5.19. The molecule has 2 aromatic carbocycles. The molecule has 1 fully saturated rings. The van der Waals surface area contributed by atoms with Crippen LogP contribution in [0.15, 0.2) is 42.5 Å². The van der Waals surface area contributed by atoms with Gasteiger partial charge >= 0.3 is 0 Å². The smallest absolute Gasteiger partial charge is 0.253 e. The molecule has 2 amide bonds. The summed E-state index contributed by atoms with van der Waals surface area (Å²) in [4.78, 5) is 26.9. The van der Waals surface area contributed by atoms with E-state index in [0.29, 0.717) is 53.2 Å². The molecule has 0 radical (unpaired) electrons. The molecule has 0 atom stereocenters. The molecule has 1 saturated heterocycles. The van der Waals surface area contributed by atoms with Gasteiger partial charge in [-0.05, 0) is 61.2 Å². The Bertz CT molecular complexity index is 862. The highest BCUT2D eigenvalue weighted by atomic mass is 35.5. The van der Waals surface area contributed by atoms with Gasteiger partial charge in [0, 0.05) is 35.8 Å². The van der Waals surface area contributed by atoms with Crippen LogP contribution in [-0.4, -0.2) is 50.6 Å². The molecule has 0 saturated carbocycles. The van der Waals surface area contributed by atoms with E-state index < -0.39 is 0 Å². The van der Waals surface area contributed by atoms with Crippen LogP contribution in [0, 0.1) is 5.92 Å². The maximum absolute atomic E-state index is 12.6. The number of nitrogens with one attached hydrogen (secondary N) is 1. The Hall–Kier alpha value is -2.73. The summed E-state index contributed by atoms with van der Waals surface area (Å²) in [6.07, 6.45) is 1.71. The normalized spacial score (nSPS) is 14.4. The lowest BCUT2D eigenvalue weighted by atomic mass is 9.96. The lowest BCUT2D eigenvalue weighted by Crippen LogP contribution is -2.41. The summed E-state index contributed by atoms with van der Waals surface area (Å²) in [5, 5.41) is 3.60. The molecule has 29 heavy (non-hydrogen) atoms. The number of nitrogens with zero attached hydrogens (tertiary/aromatic N) is 1. The van der Waals surface area contributed by atoms with E-state index in [1.54, 1.807) is 56.7 Å². The Balaban J connectivity index is 1.49. The molecule has 7 heteroatoms. The maximum Gasteiger partial charge on any atom is 0.253 e. The molecule has 0 bridgehead atoms. The van der Waals surface area contributed by atoms with Gasteiger partial charge < -0.3 is 19.7 Å². The highest BCUT2D eigenvalue weighted by Crippen LogP contribution is 2.27. The third kappa shape index (κ3) is 5.21. The average molecular weight is 417 g/mol. The zero-order valence-electron chi connectivity index (χ0n) is 16.6. The van der Waals surface area contributed by atoms with Crippen molar-refractivity contribution >= 4 is 23.4 Å². The molecule has 1 heterocycles. The first-order valence-corrected chi connectivity index (χ1v) is 9.94. The van der Waals surface area contributed by atoms with Gasteiger partial charge in [0.25, 0.3) is 11.8 Å². The molecule has 1 N–H and O–H groups in total. The maximum atomic E-state index is 12.6. The van der Waals surface area contributed by atoms with Crippen LogP contribution in [-0.2, 0) is 0 Å². The fourth-order valence-electron chi connectivity index (χ4n) is 3.43. The number of hydrogen-bond donors (Lipinski definition) is 1. The molecule has 0 unspecified atom stereocenters. The largest absolute Gasteiger partial charge is 0.493 e. The molecule has 0 aromatic heterocycles. The SMILES string of the molecule is COc1ccc(C(=O)NCC2CCN(C(=O)c3ccc(Cl)cc3)CC2)cc1OC. The van der Waals surface area contributed by atoms with E-state index in [2.05, 4.69) is 5.32 Å². The first kappa shape index (κ1) is 21.0. The van der Waals surface area contributed by atoms with Crippen LogP contribution in [0.2, 0.25) is 5.02 Å². The van der Waals surface area contributed by atoms with Gasteiger partial charge in [-0.25, -0.2) is 0 Å². The van der Waals surface area contributed by atoms with Crippen molar-refractivity contribution in [1.82, 2.24) is 10.2 Å². The second kappa shape index (κ2) is 9.65. The van der Waals surface area contributed by atoms with Crippen molar-refractivity contribution in [1.29, 1.82) is 0 Å². The topological polar surface area (TPSA) is 67.9 Å². The van der Waals surface area contributed by atoms with Gasteiger partial charge in [0.2, 0.25) is 0 Å². The molecule has 3 rings (SSSR count). The number of hydrogen-bond acceptors (Lipinski definition) is 4. The fourth-order valence-corrected chi connectivity index (χ4v) is 3.56. The Morgan fingerprint density at radius 1 is 1.00 bits per heavy atom. The van der Waals surface area contributed by atoms with E-state index in [-0.39, 0.29) is 11.8 Å². The van der Waals surface area contributed by atoms with Crippen LogP contribution in [0.3, 0.4) is 0 Å². The first-order chi connectivity index (χ1) is 14.0. The zero-order valence-corrected chi connectivity index (χ0v) is 17.4. The lowest BCUT2D eigenvalue weighted by Gasteiger charge is -2.32. The molecule has 1 aliphatic heterocycles. The number of rotatable bonds is 6. The van der Waals surface area contributed by atoms with Gasteiger partial charge in [-0.3, -0.25) is 9.59 Å². The van der Waals surface area contributed by atoms with Crippen molar-refractivity contribution in [2.24, 2.45) is 5.92 Å². The number of benzene rings is 2. The number of ether oxygens (including phenoxy) is 2. The zero-order chi connectivity index (χ0) is 20.8. The van der Waals surface area contributed by atoms with Gasteiger partial charge in [-0.15, -0.1) is 0 Å². The molecular formula is C22H25ClN2O4. The predicted octanol–water partition coefficient (Wildman–Crippen LogP) is 3.64. The molecular weight excluding hydrogens is 392 g/mol. The van der Waals surface area contributed by atoms with Crippen LogP contribution in [0.25, 0.3) is 0 Å². The van der Waals surface area contributed by atoms with Crippen LogP contribution in [0.4, 0.5) is 0 Å². The highest BCUT2D eigenvalue weighted by Gasteiger charge is 2.24.